The van der Waals surface area contributed by atoms with Crippen LogP contribution in [0.2, 0.25) is 0 Å². The first-order chi connectivity index (χ1) is 19.5. The Balaban J connectivity index is 1.70. The van der Waals surface area contributed by atoms with E-state index in [1.54, 1.807) is 4.90 Å². The summed E-state index contributed by atoms with van der Waals surface area (Å²) in [5.74, 6) is -3.40. The Hall–Kier alpha value is -3.37. The van der Waals surface area contributed by atoms with Crippen LogP contribution in [0.15, 0.2) is 42.5 Å². The van der Waals surface area contributed by atoms with Gasteiger partial charge < -0.3 is 25.5 Å². The number of aryl methyl sites for hydroxylation is 1. The first kappa shape index (κ1) is 32.1. The van der Waals surface area contributed by atoms with Crippen LogP contribution in [-0.2, 0) is 33.8 Å². The van der Waals surface area contributed by atoms with Crippen molar-refractivity contribution < 1.29 is 28.3 Å². The van der Waals surface area contributed by atoms with E-state index in [0.717, 1.165) is 30.2 Å². The molecule has 224 valence electrons. The Kier molecular flexibility index (Phi) is 11.8. The van der Waals surface area contributed by atoms with Crippen molar-refractivity contribution in [1.82, 2.24) is 20.4 Å². The largest absolute Gasteiger partial charge is 0.390 e. The van der Waals surface area contributed by atoms with Crippen LogP contribution in [0.4, 0.5) is 8.78 Å². The molecule has 0 spiro atoms. The van der Waals surface area contributed by atoms with Gasteiger partial charge in [-0.25, -0.2) is 8.78 Å². The zero-order chi connectivity index (χ0) is 30.1. The van der Waals surface area contributed by atoms with Crippen LogP contribution in [0, 0.1) is 17.6 Å². The van der Waals surface area contributed by atoms with E-state index in [2.05, 4.69) is 23.6 Å². The highest BCUT2D eigenvalue weighted by Crippen LogP contribution is 2.20. The van der Waals surface area contributed by atoms with Crippen LogP contribution in [0.1, 0.15) is 50.8 Å². The monoisotopic (exact) mass is 572 g/mol. The number of benzene rings is 2. The van der Waals surface area contributed by atoms with Crippen molar-refractivity contribution in [3.8, 4) is 0 Å². The van der Waals surface area contributed by atoms with Crippen LogP contribution in [0.25, 0.3) is 0 Å². The molecule has 1 aliphatic heterocycles. The maximum absolute atomic E-state index is 13.9. The highest BCUT2D eigenvalue weighted by molar-refractivity contribution is 6.35. The molecule has 0 aliphatic carbocycles. The molecule has 0 saturated carbocycles. The Labute approximate surface area is 241 Å². The predicted octanol–water partition coefficient (Wildman–Crippen LogP) is 2.81. The number of piperazine rings is 1. The lowest BCUT2D eigenvalue weighted by Crippen LogP contribution is -2.63. The topological polar surface area (TPSA) is 102 Å². The van der Waals surface area contributed by atoms with E-state index in [4.69, 9.17) is 0 Å². The van der Waals surface area contributed by atoms with Gasteiger partial charge in [0, 0.05) is 32.2 Å². The molecule has 8 nitrogen and oxygen atoms in total. The molecule has 41 heavy (non-hydrogen) atoms. The van der Waals surface area contributed by atoms with E-state index >= 15 is 0 Å². The fourth-order valence-electron chi connectivity index (χ4n) is 5.19. The normalized spacial score (nSPS) is 17.2. The van der Waals surface area contributed by atoms with Gasteiger partial charge in [0.05, 0.1) is 18.2 Å². The molecular formula is C31H42F2N4O4. The van der Waals surface area contributed by atoms with Crippen molar-refractivity contribution in [3.05, 3.63) is 70.8 Å². The van der Waals surface area contributed by atoms with E-state index in [0.29, 0.717) is 19.5 Å². The Morgan fingerprint density at radius 1 is 1.02 bits per heavy atom. The zero-order valence-electron chi connectivity index (χ0n) is 24.3. The molecule has 0 bridgehead atoms. The predicted molar refractivity (Wildman–Crippen MR) is 153 cm³/mol. The molecule has 1 aliphatic rings. The number of rotatable bonds is 14. The fraction of sp³-hybridized carbons (Fsp3) is 0.516. The second kappa shape index (κ2) is 15.0. The maximum atomic E-state index is 13.9. The second-order valence-corrected chi connectivity index (χ2v) is 11.0. The standard InChI is InChI=1S/C31H42F2N4O4/c1-5-10-37-27(20(3)4)18-36(30(40)31(37)41)19-29(39)35-26(14-23-12-24(32)15-25(33)13-23)28(38)17-34-16-22-9-7-8-21(6-2)11-22/h7-9,11-13,15,20,26-28,34,38H,5-6,10,14,16-19H2,1-4H3,(H,35,39)/t26-,27?,28+/m0/s1. The van der Waals surface area contributed by atoms with Crippen molar-refractivity contribution in [2.75, 3.05) is 26.2 Å². The molecule has 2 aromatic carbocycles. The summed E-state index contributed by atoms with van der Waals surface area (Å²) in [7, 11) is 0. The Morgan fingerprint density at radius 2 is 1.71 bits per heavy atom. The lowest BCUT2D eigenvalue weighted by Gasteiger charge is -2.42. The number of carbonyl (C=O) groups is 3. The molecule has 1 heterocycles. The lowest BCUT2D eigenvalue weighted by molar-refractivity contribution is -0.161. The van der Waals surface area contributed by atoms with Gasteiger partial charge in [-0.2, -0.15) is 0 Å². The van der Waals surface area contributed by atoms with Gasteiger partial charge in [-0.05, 0) is 54.0 Å². The number of halogens is 2. The number of aliphatic hydroxyl groups excluding tert-OH is 1. The van der Waals surface area contributed by atoms with Gasteiger partial charge in [0.1, 0.15) is 18.2 Å². The second-order valence-electron chi connectivity index (χ2n) is 11.0. The van der Waals surface area contributed by atoms with E-state index in [1.165, 1.54) is 10.5 Å². The summed E-state index contributed by atoms with van der Waals surface area (Å²) < 4.78 is 27.8. The number of amides is 3. The first-order valence-electron chi connectivity index (χ1n) is 14.3. The number of hydrogen-bond donors (Lipinski definition) is 3. The average Bonchev–Trinajstić information content (AvgIpc) is 2.91. The minimum Gasteiger partial charge on any atom is -0.390 e. The van der Waals surface area contributed by atoms with Crippen molar-refractivity contribution in [2.24, 2.45) is 5.92 Å². The molecule has 3 amide bonds. The van der Waals surface area contributed by atoms with Crippen LogP contribution < -0.4 is 10.6 Å². The van der Waals surface area contributed by atoms with Crippen molar-refractivity contribution in [2.45, 2.75) is 71.7 Å². The minimum absolute atomic E-state index is 0.0413. The Morgan fingerprint density at radius 3 is 2.34 bits per heavy atom. The molecule has 1 unspecified atom stereocenters. The van der Waals surface area contributed by atoms with Gasteiger partial charge in [-0.1, -0.05) is 52.0 Å². The van der Waals surface area contributed by atoms with E-state index in [9.17, 15) is 28.3 Å². The molecule has 3 atom stereocenters. The number of hydrogen-bond acceptors (Lipinski definition) is 5. The summed E-state index contributed by atoms with van der Waals surface area (Å²) in [6.45, 7) is 8.81. The first-order valence-corrected chi connectivity index (χ1v) is 14.3. The van der Waals surface area contributed by atoms with Gasteiger partial charge >= 0.3 is 11.8 Å². The third-order valence-corrected chi connectivity index (χ3v) is 7.38. The number of nitrogens with one attached hydrogen (secondary N) is 2. The van der Waals surface area contributed by atoms with Crippen LogP contribution in [0.3, 0.4) is 0 Å². The van der Waals surface area contributed by atoms with Gasteiger partial charge in [-0.15, -0.1) is 0 Å². The summed E-state index contributed by atoms with van der Waals surface area (Å²) in [5.41, 5.74) is 2.49. The molecule has 0 radical (unpaired) electrons. The van der Waals surface area contributed by atoms with Crippen LogP contribution >= 0.6 is 0 Å². The van der Waals surface area contributed by atoms with Crippen molar-refractivity contribution in [3.63, 3.8) is 0 Å². The average molecular weight is 573 g/mol. The number of nitrogens with zero attached hydrogens (tertiary/aromatic N) is 2. The van der Waals surface area contributed by atoms with Gasteiger partial charge in [0.2, 0.25) is 5.91 Å². The van der Waals surface area contributed by atoms with Crippen LogP contribution in [-0.4, -0.2) is 77.0 Å². The lowest BCUT2D eigenvalue weighted by atomic mass is 9.98. The molecule has 0 aromatic heterocycles. The Bertz CT molecular complexity index is 1190. The van der Waals surface area contributed by atoms with Crippen LogP contribution in [0.5, 0.6) is 0 Å². The minimum atomic E-state index is -1.11. The van der Waals surface area contributed by atoms with E-state index < -0.39 is 41.5 Å². The third-order valence-electron chi connectivity index (χ3n) is 7.38. The molecule has 3 N–H and O–H groups in total. The summed E-state index contributed by atoms with van der Waals surface area (Å²) in [5, 5.41) is 17.0. The molecule has 3 rings (SSSR count). The molecule has 1 fully saturated rings. The quantitative estimate of drug-likeness (QED) is 0.302. The maximum Gasteiger partial charge on any atom is 0.312 e. The summed E-state index contributed by atoms with van der Waals surface area (Å²) in [4.78, 5) is 41.6. The highest BCUT2D eigenvalue weighted by Gasteiger charge is 2.40. The summed E-state index contributed by atoms with van der Waals surface area (Å²) >= 11 is 0. The molecule has 1 saturated heterocycles. The number of aliphatic hydroxyl groups is 1. The van der Waals surface area contributed by atoms with Crippen molar-refractivity contribution >= 4 is 17.7 Å². The molecule has 2 aromatic rings. The third kappa shape index (κ3) is 9.06. The molecule has 10 heteroatoms. The summed E-state index contributed by atoms with van der Waals surface area (Å²) in [6, 6.07) is 9.96. The van der Waals surface area contributed by atoms with Gasteiger partial charge in [0.15, 0.2) is 0 Å². The van der Waals surface area contributed by atoms with E-state index in [-0.39, 0.29) is 43.6 Å². The van der Waals surface area contributed by atoms with Gasteiger partial charge in [0.25, 0.3) is 0 Å². The highest BCUT2D eigenvalue weighted by atomic mass is 19.1. The van der Waals surface area contributed by atoms with Crippen molar-refractivity contribution in [1.29, 1.82) is 0 Å². The molecular weight excluding hydrogens is 530 g/mol. The SMILES string of the molecule is CCCN1C(=O)C(=O)N(CC(=O)N[C@@H](Cc2cc(F)cc(F)c2)[C@H](O)CNCc2cccc(CC)c2)CC1C(C)C. The smallest absolute Gasteiger partial charge is 0.312 e. The van der Waals surface area contributed by atoms with Gasteiger partial charge in [-0.3, -0.25) is 14.4 Å². The zero-order valence-corrected chi connectivity index (χ0v) is 24.3. The van der Waals surface area contributed by atoms with E-state index in [1.807, 2.05) is 39.0 Å². The fourth-order valence-corrected chi connectivity index (χ4v) is 5.19. The number of carbonyl (C=O) groups excluding carboxylic acids is 3. The summed E-state index contributed by atoms with van der Waals surface area (Å²) in [6.07, 6.45) is 0.456.